The second-order valence-corrected chi connectivity index (χ2v) is 7.67. The van der Waals surface area contributed by atoms with E-state index in [-0.39, 0.29) is 23.7 Å². The highest BCUT2D eigenvalue weighted by molar-refractivity contribution is 6.03. The van der Waals surface area contributed by atoms with E-state index in [2.05, 4.69) is 31.4 Å². The molecule has 4 heteroatoms. The van der Waals surface area contributed by atoms with Gasteiger partial charge in [0.1, 0.15) is 0 Å². The zero-order valence-corrected chi connectivity index (χ0v) is 16.5. The lowest BCUT2D eigenvalue weighted by Gasteiger charge is -2.13. The number of carbonyl (C=O) groups excluding carboxylic acids is 2. The van der Waals surface area contributed by atoms with Crippen LogP contribution in [0.15, 0.2) is 42.5 Å². The van der Waals surface area contributed by atoms with Crippen molar-refractivity contribution in [3.8, 4) is 0 Å². The molecule has 2 amide bonds. The van der Waals surface area contributed by atoms with E-state index in [0.717, 1.165) is 28.9 Å². The zero-order valence-electron chi connectivity index (χ0n) is 16.5. The van der Waals surface area contributed by atoms with E-state index in [1.165, 1.54) is 5.56 Å². The number of para-hydroxylation sites is 1. The van der Waals surface area contributed by atoms with Crippen LogP contribution in [-0.2, 0) is 16.0 Å². The molecule has 0 radical (unpaired) electrons. The number of benzene rings is 2. The van der Waals surface area contributed by atoms with Crippen molar-refractivity contribution in [2.75, 3.05) is 10.6 Å². The summed E-state index contributed by atoms with van der Waals surface area (Å²) in [6.07, 6.45) is 1.47. The lowest BCUT2D eigenvalue weighted by Crippen LogP contribution is -2.21. The lowest BCUT2D eigenvalue weighted by atomic mass is 10.0. The third-order valence-corrected chi connectivity index (χ3v) is 5.30. The van der Waals surface area contributed by atoms with E-state index in [1.807, 2.05) is 49.4 Å². The van der Waals surface area contributed by atoms with E-state index >= 15 is 0 Å². The largest absolute Gasteiger partial charge is 0.326 e. The molecule has 4 nitrogen and oxygen atoms in total. The number of anilines is 2. The summed E-state index contributed by atoms with van der Waals surface area (Å²) < 4.78 is 0. The third-order valence-electron chi connectivity index (χ3n) is 5.30. The van der Waals surface area contributed by atoms with Crippen molar-refractivity contribution in [2.24, 2.45) is 11.8 Å². The lowest BCUT2D eigenvalue weighted by molar-refractivity contribution is -0.122. The van der Waals surface area contributed by atoms with Crippen LogP contribution in [0.2, 0.25) is 0 Å². The first-order valence-electron chi connectivity index (χ1n) is 9.70. The van der Waals surface area contributed by atoms with Gasteiger partial charge in [-0.2, -0.15) is 0 Å². The highest BCUT2D eigenvalue weighted by Crippen LogP contribution is 2.40. The van der Waals surface area contributed by atoms with Crippen molar-refractivity contribution >= 4 is 23.2 Å². The van der Waals surface area contributed by atoms with Gasteiger partial charge in [-0.05, 0) is 54.5 Å². The predicted octanol–water partition coefficient (Wildman–Crippen LogP) is 4.89. The van der Waals surface area contributed by atoms with Crippen molar-refractivity contribution in [3.05, 3.63) is 59.2 Å². The number of amides is 2. The Bertz CT molecular complexity index is 840. The van der Waals surface area contributed by atoms with Gasteiger partial charge in [0.25, 0.3) is 0 Å². The molecule has 2 atom stereocenters. The van der Waals surface area contributed by atoms with Crippen LogP contribution < -0.4 is 10.6 Å². The maximum absolute atomic E-state index is 12.6. The molecule has 1 fully saturated rings. The molecule has 2 unspecified atom stereocenters. The molecule has 0 aliphatic heterocycles. The fourth-order valence-corrected chi connectivity index (χ4v) is 3.38. The molecule has 0 spiro atoms. The minimum atomic E-state index is -0.246. The summed E-state index contributed by atoms with van der Waals surface area (Å²) in [6.45, 7) is 8.34. The van der Waals surface area contributed by atoms with Gasteiger partial charge in [0.05, 0.1) is 11.8 Å². The summed E-state index contributed by atoms with van der Waals surface area (Å²) in [5.41, 5.74) is 5.08. The normalized spacial score (nSPS) is 18.3. The molecule has 27 heavy (non-hydrogen) atoms. The molecule has 3 rings (SSSR count). The topological polar surface area (TPSA) is 58.2 Å². The summed E-state index contributed by atoms with van der Waals surface area (Å²) >= 11 is 0. The minimum absolute atomic E-state index is 0.0608. The Morgan fingerprint density at radius 3 is 2.22 bits per heavy atom. The number of hydrogen-bond donors (Lipinski definition) is 2. The molecule has 1 aliphatic carbocycles. The molecule has 142 valence electrons. The highest BCUT2D eigenvalue weighted by Gasteiger charge is 2.48. The van der Waals surface area contributed by atoms with E-state index in [4.69, 9.17) is 0 Å². The Morgan fingerprint density at radius 1 is 1.00 bits per heavy atom. The number of nitrogens with one attached hydrogen (secondary N) is 2. The minimum Gasteiger partial charge on any atom is -0.326 e. The maximum Gasteiger partial charge on any atom is 0.228 e. The molecular weight excluding hydrogens is 336 g/mol. The van der Waals surface area contributed by atoms with Crippen molar-refractivity contribution in [3.63, 3.8) is 0 Å². The van der Waals surface area contributed by atoms with Crippen molar-refractivity contribution < 1.29 is 9.59 Å². The quantitative estimate of drug-likeness (QED) is 0.766. The molecule has 2 N–H and O–H groups in total. The van der Waals surface area contributed by atoms with Crippen LogP contribution in [0.1, 0.15) is 49.8 Å². The third kappa shape index (κ3) is 4.38. The Kier molecular flexibility index (Phi) is 5.64. The SMILES string of the molecule is CCc1cccc(C)c1NC(=O)C1CC1C(=O)Nc1ccc(C(C)C)cc1. The van der Waals surface area contributed by atoms with E-state index in [1.54, 1.807) is 0 Å². The Hall–Kier alpha value is -2.62. The van der Waals surface area contributed by atoms with Crippen LogP contribution in [0, 0.1) is 18.8 Å². The summed E-state index contributed by atoms with van der Waals surface area (Å²) in [5.74, 6) is -0.170. The van der Waals surface area contributed by atoms with Gasteiger partial charge < -0.3 is 10.6 Å². The smallest absolute Gasteiger partial charge is 0.228 e. The first-order chi connectivity index (χ1) is 12.9. The fourth-order valence-electron chi connectivity index (χ4n) is 3.38. The number of carbonyl (C=O) groups is 2. The predicted molar refractivity (Wildman–Crippen MR) is 110 cm³/mol. The average Bonchev–Trinajstić information content (AvgIpc) is 3.45. The van der Waals surface area contributed by atoms with Gasteiger partial charge in [-0.15, -0.1) is 0 Å². The molecule has 0 bridgehead atoms. The summed E-state index contributed by atoms with van der Waals surface area (Å²) in [6, 6.07) is 13.9. The summed E-state index contributed by atoms with van der Waals surface area (Å²) in [7, 11) is 0. The van der Waals surface area contributed by atoms with E-state index < -0.39 is 0 Å². The van der Waals surface area contributed by atoms with E-state index in [9.17, 15) is 9.59 Å². The van der Waals surface area contributed by atoms with Crippen molar-refractivity contribution in [1.82, 2.24) is 0 Å². The molecule has 1 saturated carbocycles. The van der Waals surface area contributed by atoms with Crippen LogP contribution >= 0.6 is 0 Å². The molecule has 0 heterocycles. The van der Waals surface area contributed by atoms with Gasteiger partial charge in [0.15, 0.2) is 0 Å². The molecule has 2 aromatic carbocycles. The van der Waals surface area contributed by atoms with Crippen LogP contribution in [0.5, 0.6) is 0 Å². The maximum atomic E-state index is 12.6. The van der Waals surface area contributed by atoms with Crippen molar-refractivity contribution in [1.29, 1.82) is 0 Å². The van der Waals surface area contributed by atoms with Gasteiger partial charge in [0, 0.05) is 11.4 Å². The van der Waals surface area contributed by atoms with E-state index in [0.29, 0.717) is 12.3 Å². The number of hydrogen-bond acceptors (Lipinski definition) is 2. The van der Waals surface area contributed by atoms with Crippen LogP contribution in [0.3, 0.4) is 0 Å². The molecular formula is C23H28N2O2. The Morgan fingerprint density at radius 2 is 1.63 bits per heavy atom. The van der Waals surface area contributed by atoms with Gasteiger partial charge >= 0.3 is 0 Å². The molecule has 2 aromatic rings. The van der Waals surface area contributed by atoms with Gasteiger partial charge in [-0.1, -0.05) is 51.1 Å². The van der Waals surface area contributed by atoms with Crippen LogP contribution in [0.4, 0.5) is 11.4 Å². The first-order valence-corrected chi connectivity index (χ1v) is 9.70. The average molecular weight is 364 g/mol. The van der Waals surface area contributed by atoms with Gasteiger partial charge in [0.2, 0.25) is 11.8 Å². The summed E-state index contributed by atoms with van der Waals surface area (Å²) in [5, 5.41) is 5.98. The Balaban J connectivity index is 1.59. The van der Waals surface area contributed by atoms with Crippen LogP contribution in [-0.4, -0.2) is 11.8 Å². The van der Waals surface area contributed by atoms with Crippen LogP contribution in [0.25, 0.3) is 0 Å². The number of rotatable bonds is 6. The van der Waals surface area contributed by atoms with Gasteiger partial charge in [-0.3, -0.25) is 9.59 Å². The Labute approximate surface area is 161 Å². The number of aryl methyl sites for hydroxylation is 2. The fraction of sp³-hybridized carbons (Fsp3) is 0.391. The standard InChI is InChI=1S/C23H28N2O2/c1-5-16-8-6-7-15(4)21(16)25-23(27)20-13-19(20)22(26)24-18-11-9-17(10-12-18)14(2)3/h6-12,14,19-20H,5,13H2,1-4H3,(H,24,26)(H,25,27). The second-order valence-electron chi connectivity index (χ2n) is 7.67. The zero-order chi connectivity index (χ0) is 19.6. The first kappa shape index (κ1) is 19.2. The summed E-state index contributed by atoms with van der Waals surface area (Å²) in [4.78, 5) is 25.1. The highest BCUT2D eigenvalue weighted by atomic mass is 16.2. The monoisotopic (exact) mass is 364 g/mol. The van der Waals surface area contributed by atoms with Crippen molar-refractivity contribution in [2.45, 2.75) is 46.5 Å². The second kappa shape index (κ2) is 7.95. The molecule has 1 aliphatic rings. The molecule has 0 aromatic heterocycles. The molecule has 0 saturated heterocycles. The van der Waals surface area contributed by atoms with Gasteiger partial charge in [-0.25, -0.2) is 0 Å².